The molecule has 0 aliphatic carbocycles. The lowest BCUT2D eigenvalue weighted by atomic mass is 9.97. The highest BCUT2D eigenvalue weighted by Gasteiger charge is 2.30. The van der Waals surface area contributed by atoms with Gasteiger partial charge in [-0.25, -0.2) is 4.79 Å². The topological polar surface area (TPSA) is 128 Å². The number of hydrogen-bond donors (Lipinski definition) is 4. The van der Waals surface area contributed by atoms with Crippen molar-refractivity contribution in [3.05, 3.63) is 42.0 Å². The number of carboxylic acids is 1. The van der Waals surface area contributed by atoms with Crippen molar-refractivity contribution in [1.29, 1.82) is 0 Å². The van der Waals surface area contributed by atoms with Crippen LogP contribution in [-0.4, -0.2) is 83.5 Å². The Balaban J connectivity index is 2.13. The fourth-order valence-electron chi connectivity index (χ4n) is 4.07. The van der Waals surface area contributed by atoms with Crippen LogP contribution < -0.4 is 16.0 Å². The number of rotatable bonds is 16. The average molecular weight is 533 g/mol. The number of amides is 3. The number of nitrogens with one attached hydrogen (secondary N) is 3. The maximum atomic E-state index is 12.9. The maximum absolute atomic E-state index is 12.9. The third kappa shape index (κ3) is 11.0. The number of aliphatic carboxylic acids is 1. The van der Waals surface area contributed by atoms with Gasteiger partial charge < -0.3 is 21.1 Å². The van der Waals surface area contributed by atoms with Gasteiger partial charge in [0.1, 0.15) is 12.1 Å². The summed E-state index contributed by atoms with van der Waals surface area (Å²) in [7, 11) is 0. The standard InChI is InChI=1S/C27H40N4O5S/c1-4-19(2)23(30-26(34)21-12-13-24(32)28-21)17-31(15-8-11-20-9-6-5-7-10-20)18-25(33)29-22(27(35)36)14-16-37-3/h5-11,19,21-23H,4,12-18H2,1-3H3,(H,28,32)(H,29,33)(H,30,34)(H,35,36)/t19-,21-,22-,23+/m0/s1. The van der Waals surface area contributed by atoms with E-state index in [2.05, 4.69) is 16.0 Å². The van der Waals surface area contributed by atoms with E-state index in [1.54, 1.807) is 0 Å². The highest BCUT2D eigenvalue weighted by atomic mass is 32.2. The summed E-state index contributed by atoms with van der Waals surface area (Å²) in [6.07, 6.45) is 7.78. The molecule has 0 aromatic heterocycles. The van der Waals surface area contributed by atoms with E-state index in [4.69, 9.17) is 0 Å². The van der Waals surface area contributed by atoms with Crippen LogP contribution in [0.5, 0.6) is 0 Å². The molecular weight excluding hydrogens is 492 g/mol. The van der Waals surface area contributed by atoms with E-state index in [1.807, 2.05) is 67.5 Å². The van der Waals surface area contributed by atoms with E-state index >= 15 is 0 Å². The van der Waals surface area contributed by atoms with Gasteiger partial charge in [0.2, 0.25) is 17.7 Å². The molecule has 1 heterocycles. The lowest BCUT2D eigenvalue weighted by molar-refractivity contribution is -0.142. The molecule has 37 heavy (non-hydrogen) atoms. The number of carboxylic acid groups (broad SMARTS) is 1. The molecule has 0 bridgehead atoms. The van der Waals surface area contributed by atoms with Crippen molar-refractivity contribution in [2.24, 2.45) is 5.92 Å². The fraction of sp³-hybridized carbons (Fsp3) is 0.556. The van der Waals surface area contributed by atoms with Crippen molar-refractivity contribution in [1.82, 2.24) is 20.9 Å². The van der Waals surface area contributed by atoms with Crippen LogP contribution in [0.2, 0.25) is 0 Å². The number of thioether (sulfide) groups is 1. The fourth-order valence-corrected chi connectivity index (χ4v) is 4.54. The Labute approximate surface area is 223 Å². The minimum absolute atomic E-state index is 0.00878. The van der Waals surface area contributed by atoms with Gasteiger partial charge in [-0.3, -0.25) is 19.3 Å². The van der Waals surface area contributed by atoms with Gasteiger partial charge in [0.25, 0.3) is 0 Å². The van der Waals surface area contributed by atoms with Crippen LogP contribution in [0.15, 0.2) is 36.4 Å². The molecule has 1 aromatic carbocycles. The normalized spacial score (nSPS) is 17.8. The zero-order valence-electron chi connectivity index (χ0n) is 21.9. The molecule has 0 spiro atoms. The van der Waals surface area contributed by atoms with Crippen molar-refractivity contribution in [2.45, 2.75) is 57.7 Å². The van der Waals surface area contributed by atoms with Crippen molar-refractivity contribution in [3.8, 4) is 0 Å². The third-order valence-corrected chi connectivity index (χ3v) is 7.15. The summed E-state index contributed by atoms with van der Waals surface area (Å²) in [5, 5.41) is 17.9. The first-order valence-electron chi connectivity index (χ1n) is 12.8. The summed E-state index contributed by atoms with van der Waals surface area (Å²) in [6.45, 7) is 4.91. The summed E-state index contributed by atoms with van der Waals surface area (Å²) in [5.41, 5.74) is 1.03. The summed E-state index contributed by atoms with van der Waals surface area (Å²) in [4.78, 5) is 50.8. The Morgan fingerprint density at radius 2 is 1.97 bits per heavy atom. The summed E-state index contributed by atoms with van der Waals surface area (Å²) in [5.74, 6) is -1.03. The van der Waals surface area contributed by atoms with Gasteiger partial charge in [0.15, 0.2) is 0 Å². The number of hydrogen-bond acceptors (Lipinski definition) is 6. The minimum Gasteiger partial charge on any atom is -0.480 e. The molecule has 1 saturated heterocycles. The molecule has 204 valence electrons. The van der Waals surface area contributed by atoms with Gasteiger partial charge in [-0.2, -0.15) is 11.8 Å². The average Bonchev–Trinajstić information content (AvgIpc) is 3.32. The molecule has 1 aliphatic heterocycles. The largest absolute Gasteiger partial charge is 0.480 e. The van der Waals surface area contributed by atoms with E-state index in [0.29, 0.717) is 38.1 Å². The van der Waals surface area contributed by atoms with Crippen molar-refractivity contribution in [3.63, 3.8) is 0 Å². The second-order valence-corrected chi connectivity index (χ2v) is 10.4. The van der Waals surface area contributed by atoms with Crippen molar-refractivity contribution in [2.75, 3.05) is 31.6 Å². The Morgan fingerprint density at radius 3 is 2.57 bits per heavy atom. The van der Waals surface area contributed by atoms with Gasteiger partial charge in [0.05, 0.1) is 6.54 Å². The molecule has 3 amide bonds. The van der Waals surface area contributed by atoms with Crippen LogP contribution >= 0.6 is 11.8 Å². The molecule has 2 rings (SSSR count). The van der Waals surface area contributed by atoms with E-state index in [9.17, 15) is 24.3 Å². The molecule has 0 saturated carbocycles. The number of carbonyl (C=O) groups excluding carboxylic acids is 3. The molecule has 4 N–H and O–H groups in total. The molecule has 9 nitrogen and oxygen atoms in total. The summed E-state index contributed by atoms with van der Waals surface area (Å²) in [6, 6.07) is 8.06. The smallest absolute Gasteiger partial charge is 0.326 e. The number of carbonyl (C=O) groups is 4. The van der Waals surface area contributed by atoms with Gasteiger partial charge >= 0.3 is 5.97 Å². The Morgan fingerprint density at radius 1 is 1.24 bits per heavy atom. The number of nitrogens with zero attached hydrogens (tertiary/aromatic N) is 1. The van der Waals surface area contributed by atoms with Crippen LogP contribution in [-0.2, 0) is 19.2 Å². The molecule has 0 unspecified atom stereocenters. The van der Waals surface area contributed by atoms with Crippen LogP contribution in [0.4, 0.5) is 0 Å². The predicted octanol–water partition coefficient (Wildman–Crippen LogP) is 2.13. The first kappa shape index (κ1) is 30.4. The zero-order valence-corrected chi connectivity index (χ0v) is 22.8. The van der Waals surface area contributed by atoms with Crippen molar-refractivity contribution < 1.29 is 24.3 Å². The highest BCUT2D eigenvalue weighted by Crippen LogP contribution is 2.13. The Bertz CT molecular complexity index is 927. The third-order valence-electron chi connectivity index (χ3n) is 6.51. The van der Waals surface area contributed by atoms with Gasteiger partial charge in [-0.15, -0.1) is 0 Å². The van der Waals surface area contributed by atoms with Gasteiger partial charge in [-0.1, -0.05) is 62.8 Å². The Hall–Kier alpha value is -2.85. The first-order valence-corrected chi connectivity index (χ1v) is 14.2. The van der Waals surface area contributed by atoms with Gasteiger partial charge in [0, 0.05) is 25.6 Å². The maximum Gasteiger partial charge on any atom is 0.326 e. The van der Waals surface area contributed by atoms with E-state index in [-0.39, 0.29) is 36.2 Å². The molecule has 1 aromatic rings. The van der Waals surface area contributed by atoms with Crippen LogP contribution in [0.25, 0.3) is 6.08 Å². The van der Waals surface area contributed by atoms with E-state index < -0.39 is 18.1 Å². The first-order chi connectivity index (χ1) is 17.7. The second-order valence-electron chi connectivity index (χ2n) is 9.41. The minimum atomic E-state index is -1.05. The zero-order chi connectivity index (χ0) is 27.2. The highest BCUT2D eigenvalue weighted by molar-refractivity contribution is 7.98. The molecule has 1 aliphatic rings. The quantitative estimate of drug-likeness (QED) is 0.257. The van der Waals surface area contributed by atoms with Crippen molar-refractivity contribution >= 4 is 41.5 Å². The molecular formula is C27H40N4O5S. The SMILES string of the molecule is CC[C@H](C)[C@@H](CN(CC=Cc1ccccc1)CC(=O)N[C@@H](CCSC)C(=O)O)NC(=O)[C@@H]1CCC(=O)N1. The molecule has 4 atom stereocenters. The predicted molar refractivity (Wildman–Crippen MR) is 147 cm³/mol. The summed E-state index contributed by atoms with van der Waals surface area (Å²) < 4.78 is 0. The summed E-state index contributed by atoms with van der Waals surface area (Å²) >= 11 is 1.53. The van der Waals surface area contributed by atoms with Crippen LogP contribution in [0, 0.1) is 5.92 Å². The number of benzene rings is 1. The molecule has 0 radical (unpaired) electrons. The Kier molecular flexibility index (Phi) is 13.2. The van der Waals surface area contributed by atoms with Crippen LogP contribution in [0.3, 0.4) is 0 Å². The molecule has 10 heteroatoms. The monoisotopic (exact) mass is 532 g/mol. The van der Waals surface area contributed by atoms with Gasteiger partial charge in [-0.05, 0) is 36.3 Å². The lowest BCUT2D eigenvalue weighted by Gasteiger charge is -2.31. The van der Waals surface area contributed by atoms with E-state index in [1.165, 1.54) is 11.8 Å². The molecule has 1 fully saturated rings. The van der Waals surface area contributed by atoms with E-state index in [0.717, 1.165) is 12.0 Å². The lowest BCUT2D eigenvalue weighted by Crippen LogP contribution is -2.53. The second kappa shape index (κ2) is 16.1. The van der Waals surface area contributed by atoms with Crippen LogP contribution in [0.1, 0.15) is 45.1 Å².